The van der Waals surface area contributed by atoms with Gasteiger partial charge >= 0.3 is 0 Å². The molecule has 0 aliphatic heterocycles. The van der Waals surface area contributed by atoms with E-state index in [0.29, 0.717) is 40.0 Å². The van der Waals surface area contributed by atoms with E-state index >= 15 is 0 Å². The van der Waals surface area contributed by atoms with Crippen molar-refractivity contribution >= 4 is 34.1 Å². The van der Waals surface area contributed by atoms with E-state index in [1.807, 2.05) is 13.2 Å². The minimum atomic E-state index is -0.472. The van der Waals surface area contributed by atoms with Crippen molar-refractivity contribution in [1.82, 2.24) is 19.7 Å². The number of hydrogen-bond donors (Lipinski definition) is 1. The van der Waals surface area contributed by atoms with E-state index in [9.17, 15) is 14.4 Å². The molecule has 1 aromatic carbocycles. The third-order valence-electron chi connectivity index (χ3n) is 5.28. The zero-order chi connectivity index (χ0) is 22.8. The summed E-state index contributed by atoms with van der Waals surface area (Å²) in [7, 11) is 5.07. The van der Waals surface area contributed by atoms with E-state index in [1.54, 1.807) is 47.1 Å². The number of aromatic nitrogens is 3. The lowest BCUT2D eigenvalue weighted by Crippen LogP contribution is -2.36. The number of carbonyl (C=O) groups is 3. The van der Waals surface area contributed by atoms with Gasteiger partial charge in [0.15, 0.2) is 10.9 Å². The maximum atomic E-state index is 12.9. The first kappa shape index (κ1) is 21.7. The highest BCUT2D eigenvalue weighted by Crippen LogP contribution is 2.33. The number of nitrogens with zero attached hydrogens (tertiary/aromatic N) is 4. The van der Waals surface area contributed by atoms with Crippen LogP contribution in [-0.2, 0) is 24.8 Å². The predicted octanol–water partition coefficient (Wildman–Crippen LogP) is 2.54. The number of methoxy groups -OCH3 is 1. The smallest absolute Gasteiger partial charge is 0.257 e. The quantitative estimate of drug-likeness (QED) is 0.615. The SMILES string of the molecule is COc1cccc(C(=O)Nc2nc3c(s2)C(=O)CC(C(=O)N(C)Cc2cnn(C)c2)C3)c1. The zero-order valence-electron chi connectivity index (χ0n) is 18.0. The Balaban J connectivity index is 1.44. The van der Waals surface area contributed by atoms with E-state index in [0.717, 1.165) is 16.9 Å². The van der Waals surface area contributed by atoms with Gasteiger partial charge in [-0.05, 0) is 18.2 Å². The van der Waals surface area contributed by atoms with Crippen LogP contribution in [0.3, 0.4) is 0 Å². The second kappa shape index (κ2) is 8.91. The summed E-state index contributed by atoms with van der Waals surface area (Å²) in [6.07, 6.45) is 4.06. The van der Waals surface area contributed by atoms with Crippen LogP contribution < -0.4 is 10.1 Å². The molecule has 10 heteroatoms. The van der Waals surface area contributed by atoms with Crippen molar-refractivity contribution in [1.29, 1.82) is 0 Å². The molecule has 2 heterocycles. The molecule has 1 N–H and O–H groups in total. The van der Waals surface area contributed by atoms with Crippen molar-refractivity contribution in [3.05, 3.63) is 58.4 Å². The molecule has 1 aliphatic rings. The summed E-state index contributed by atoms with van der Waals surface area (Å²) in [5.74, 6) is -0.475. The number of anilines is 1. The second-order valence-corrected chi connectivity index (χ2v) is 8.72. The number of ketones is 1. The van der Waals surface area contributed by atoms with Gasteiger partial charge in [-0.2, -0.15) is 5.10 Å². The molecule has 0 saturated carbocycles. The standard InChI is InChI=1S/C22H23N5O4S/c1-26(11-13-10-23-27(2)12-13)21(30)15-8-17-19(18(28)9-15)32-22(24-17)25-20(29)14-5-4-6-16(7-14)31-3/h4-7,10,12,15H,8-9,11H2,1-3H3,(H,24,25,29). The molecule has 3 aromatic rings. The Bertz CT molecular complexity index is 1180. The fourth-order valence-electron chi connectivity index (χ4n) is 3.71. The minimum absolute atomic E-state index is 0.109. The van der Waals surface area contributed by atoms with Crippen molar-refractivity contribution in [2.75, 3.05) is 19.5 Å². The van der Waals surface area contributed by atoms with Crippen molar-refractivity contribution < 1.29 is 19.1 Å². The van der Waals surface area contributed by atoms with Crippen LogP contribution in [0.15, 0.2) is 36.7 Å². The lowest BCUT2D eigenvalue weighted by atomic mass is 9.89. The molecule has 0 bridgehead atoms. The van der Waals surface area contributed by atoms with Crippen molar-refractivity contribution in [3.63, 3.8) is 0 Å². The Hall–Kier alpha value is -3.53. The van der Waals surface area contributed by atoms with Gasteiger partial charge in [-0.3, -0.25) is 24.4 Å². The van der Waals surface area contributed by atoms with Gasteiger partial charge in [-0.1, -0.05) is 17.4 Å². The Morgan fingerprint density at radius 3 is 2.88 bits per heavy atom. The molecule has 2 aromatic heterocycles. The number of benzene rings is 1. The Morgan fingerprint density at radius 2 is 2.16 bits per heavy atom. The molecule has 4 rings (SSSR count). The summed E-state index contributed by atoms with van der Waals surface area (Å²) in [5, 5.41) is 7.20. The van der Waals surface area contributed by atoms with Crippen molar-refractivity contribution in [2.24, 2.45) is 13.0 Å². The second-order valence-electron chi connectivity index (χ2n) is 7.73. The van der Waals surface area contributed by atoms with Crippen LogP contribution in [0.25, 0.3) is 0 Å². The van der Waals surface area contributed by atoms with Crippen LogP contribution in [0.2, 0.25) is 0 Å². The zero-order valence-corrected chi connectivity index (χ0v) is 18.8. The van der Waals surface area contributed by atoms with E-state index in [1.165, 1.54) is 7.11 Å². The molecule has 32 heavy (non-hydrogen) atoms. The van der Waals surface area contributed by atoms with Gasteiger partial charge in [-0.25, -0.2) is 4.98 Å². The Morgan fingerprint density at radius 1 is 1.34 bits per heavy atom. The first-order chi connectivity index (χ1) is 15.3. The number of carbonyl (C=O) groups excluding carboxylic acids is 3. The third-order valence-corrected chi connectivity index (χ3v) is 6.33. The maximum Gasteiger partial charge on any atom is 0.257 e. The molecule has 166 valence electrons. The minimum Gasteiger partial charge on any atom is -0.497 e. The van der Waals surface area contributed by atoms with Gasteiger partial charge in [0.1, 0.15) is 5.75 Å². The van der Waals surface area contributed by atoms with Gasteiger partial charge < -0.3 is 9.64 Å². The summed E-state index contributed by atoms with van der Waals surface area (Å²) in [6.45, 7) is 0.420. The van der Waals surface area contributed by atoms with Gasteiger partial charge in [0.2, 0.25) is 5.91 Å². The van der Waals surface area contributed by atoms with E-state index in [-0.39, 0.29) is 24.0 Å². The lowest BCUT2D eigenvalue weighted by Gasteiger charge is -2.25. The number of rotatable bonds is 6. The highest BCUT2D eigenvalue weighted by Gasteiger charge is 2.34. The van der Waals surface area contributed by atoms with E-state index < -0.39 is 5.92 Å². The Kier molecular flexibility index (Phi) is 6.04. The molecule has 0 fully saturated rings. The molecule has 1 unspecified atom stereocenters. The number of thiazole rings is 1. The molecule has 1 aliphatic carbocycles. The molecule has 1 atom stereocenters. The number of hydrogen-bond acceptors (Lipinski definition) is 7. The molecule has 2 amide bonds. The van der Waals surface area contributed by atoms with Crippen LogP contribution in [0.1, 0.15) is 37.7 Å². The summed E-state index contributed by atoms with van der Waals surface area (Å²) < 4.78 is 6.83. The number of aryl methyl sites for hydroxylation is 1. The lowest BCUT2D eigenvalue weighted by molar-refractivity contribution is -0.134. The first-order valence-corrected chi connectivity index (χ1v) is 10.9. The number of Topliss-reactive ketones (excluding diaryl/α,β-unsaturated/α-hetero) is 1. The topological polar surface area (TPSA) is 106 Å². The number of amides is 2. The van der Waals surface area contributed by atoms with Crippen LogP contribution in [0.4, 0.5) is 5.13 Å². The molecule has 0 radical (unpaired) electrons. The highest BCUT2D eigenvalue weighted by molar-refractivity contribution is 7.17. The van der Waals surface area contributed by atoms with Gasteiger partial charge in [0.05, 0.1) is 29.8 Å². The molecular formula is C22H23N5O4S. The highest BCUT2D eigenvalue weighted by atomic mass is 32.1. The normalized spacial score (nSPS) is 15.2. The van der Waals surface area contributed by atoms with E-state index in [2.05, 4.69) is 15.4 Å². The monoisotopic (exact) mass is 453 g/mol. The summed E-state index contributed by atoms with van der Waals surface area (Å²) in [4.78, 5) is 44.7. The van der Waals surface area contributed by atoms with Crippen molar-refractivity contribution in [2.45, 2.75) is 19.4 Å². The maximum absolute atomic E-state index is 12.9. The molecule has 0 saturated heterocycles. The van der Waals surface area contributed by atoms with E-state index in [4.69, 9.17) is 4.74 Å². The third kappa shape index (κ3) is 4.54. The number of fused-ring (bicyclic) bond motifs is 1. The molecule has 9 nitrogen and oxygen atoms in total. The summed E-state index contributed by atoms with van der Waals surface area (Å²) in [6, 6.07) is 6.77. The van der Waals surface area contributed by atoms with Gasteiger partial charge in [0, 0.05) is 50.8 Å². The predicted molar refractivity (Wildman–Crippen MR) is 119 cm³/mol. The fraction of sp³-hybridized carbons (Fsp3) is 0.318. The summed E-state index contributed by atoms with van der Waals surface area (Å²) in [5.41, 5.74) is 1.90. The average molecular weight is 454 g/mol. The van der Waals surface area contributed by atoms with Crippen LogP contribution >= 0.6 is 11.3 Å². The first-order valence-electron chi connectivity index (χ1n) is 10.0. The van der Waals surface area contributed by atoms with Gasteiger partial charge in [-0.15, -0.1) is 0 Å². The number of nitrogens with one attached hydrogen (secondary N) is 1. The fourth-order valence-corrected chi connectivity index (χ4v) is 4.65. The Labute approximate surface area is 189 Å². The summed E-state index contributed by atoms with van der Waals surface area (Å²) >= 11 is 1.14. The van der Waals surface area contributed by atoms with Crippen LogP contribution in [-0.4, -0.2) is 51.4 Å². The van der Waals surface area contributed by atoms with Crippen LogP contribution in [0, 0.1) is 5.92 Å². The van der Waals surface area contributed by atoms with Gasteiger partial charge in [0.25, 0.3) is 5.91 Å². The number of ether oxygens (including phenoxy) is 1. The molecule has 0 spiro atoms. The van der Waals surface area contributed by atoms with Crippen molar-refractivity contribution in [3.8, 4) is 5.75 Å². The largest absolute Gasteiger partial charge is 0.497 e. The average Bonchev–Trinajstić information content (AvgIpc) is 3.38. The molecular weight excluding hydrogens is 430 g/mol. The van der Waals surface area contributed by atoms with Crippen LogP contribution in [0.5, 0.6) is 5.75 Å².